The maximum absolute atomic E-state index is 12.0. The van der Waals surface area contributed by atoms with Gasteiger partial charge in [0.2, 0.25) is 0 Å². The first-order valence-corrected chi connectivity index (χ1v) is 8.33. The summed E-state index contributed by atoms with van der Waals surface area (Å²) in [5.41, 5.74) is 1.63. The lowest BCUT2D eigenvalue weighted by Gasteiger charge is -2.18. The predicted molar refractivity (Wildman–Crippen MR) is 101 cm³/mol. The summed E-state index contributed by atoms with van der Waals surface area (Å²) in [5, 5.41) is 7.26. The summed E-state index contributed by atoms with van der Waals surface area (Å²) in [4.78, 5) is 17.1. The van der Waals surface area contributed by atoms with E-state index < -0.39 is 0 Å². The minimum absolute atomic E-state index is 0.194. The molecule has 0 bridgehead atoms. The standard InChI is InChI=1S/C19H21ClN2O4/c1-13(17-10-16(24-2)8-9-18(17)25-3)22-19(23)12-26-21-11-14-4-6-15(20)7-5-14/h4-11,13H,12H2,1-3H3,(H,22,23)/b21-11+. The summed E-state index contributed by atoms with van der Waals surface area (Å²) in [5.74, 6) is 1.06. The van der Waals surface area contributed by atoms with E-state index in [2.05, 4.69) is 10.5 Å². The van der Waals surface area contributed by atoms with Crippen LogP contribution in [0.4, 0.5) is 0 Å². The number of methoxy groups -OCH3 is 2. The smallest absolute Gasteiger partial charge is 0.261 e. The summed E-state index contributed by atoms with van der Waals surface area (Å²) in [7, 11) is 3.16. The van der Waals surface area contributed by atoms with Gasteiger partial charge in [-0.25, -0.2) is 0 Å². The van der Waals surface area contributed by atoms with E-state index in [4.69, 9.17) is 25.9 Å². The normalized spacial score (nSPS) is 11.8. The highest BCUT2D eigenvalue weighted by Gasteiger charge is 2.15. The van der Waals surface area contributed by atoms with E-state index in [1.807, 2.05) is 13.0 Å². The quantitative estimate of drug-likeness (QED) is 0.564. The van der Waals surface area contributed by atoms with Crippen molar-refractivity contribution in [3.63, 3.8) is 0 Å². The fourth-order valence-corrected chi connectivity index (χ4v) is 2.41. The van der Waals surface area contributed by atoms with Gasteiger partial charge in [-0.2, -0.15) is 0 Å². The van der Waals surface area contributed by atoms with Crippen molar-refractivity contribution >= 4 is 23.7 Å². The van der Waals surface area contributed by atoms with Crippen LogP contribution in [0.5, 0.6) is 11.5 Å². The highest BCUT2D eigenvalue weighted by Crippen LogP contribution is 2.29. The van der Waals surface area contributed by atoms with Gasteiger partial charge in [0.25, 0.3) is 5.91 Å². The third-order valence-corrected chi connectivity index (χ3v) is 3.87. The van der Waals surface area contributed by atoms with E-state index in [-0.39, 0.29) is 18.6 Å². The number of carbonyl (C=O) groups is 1. The van der Waals surface area contributed by atoms with Gasteiger partial charge in [-0.05, 0) is 42.8 Å². The number of rotatable bonds is 8. The van der Waals surface area contributed by atoms with Gasteiger partial charge in [-0.3, -0.25) is 4.79 Å². The Morgan fingerprint density at radius 2 is 1.92 bits per heavy atom. The largest absolute Gasteiger partial charge is 0.497 e. The minimum atomic E-state index is -0.296. The Bertz CT molecular complexity index is 763. The number of ether oxygens (including phenoxy) is 2. The van der Waals surface area contributed by atoms with Gasteiger partial charge in [-0.1, -0.05) is 28.9 Å². The van der Waals surface area contributed by atoms with Crippen LogP contribution in [0.15, 0.2) is 47.6 Å². The maximum atomic E-state index is 12.0. The lowest BCUT2D eigenvalue weighted by molar-refractivity contribution is -0.126. The van der Waals surface area contributed by atoms with E-state index in [1.54, 1.807) is 50.6 Å². The lowest BCUT2D eigenvalue weighted by Crippen LogP contribution is -2.30. The number of nitrogens with one attached hydrogen (secondary N) is 1. The van der Waals surface area contributed by atoms with Crippen molar-refractivity contribution < 1.29 is 19.1 Å². The number of oxime groups is 1. The Balaban J connectivity index is 1.88. The van der Waals surface area contributed by atoms with Gasteiger partial charge in [0.05, 0.1) is 26.5 Å². The first-order chi connectivity index (χ1) is 12.5. The molecule has 2 aromatic rings. The van der Waals surface area contributed by atoms with Crippen LogP contribution in [0.25, 0.3) is 0 Å². The lowest BCUT2D eigenvalue weighted by atomic mass is 10.1. The number of hydrogen-bond donors (Lipinski definition) is 1. The monoisotopic (exact) mass is 376 g/mol. The molecule has 0 radical (unpaired) electrons. The Labute approximate surface area is 157 Å². The molecule has 0 saturated carbocycles. The average molecular weight is 377 g/mol. The summed E-state index contributed by atoms with van der Waals surface area (Å²) in [6.07, 6.45) is 1.51. The molecule has 0 aromatic heterocycles. The van der Waals surface area contributed by atoms with E-state index in [0.717, 1.165) is 11.1 Å². The van der Waals surface area contributed by atoms with Crippen molar-refractivity contribution in [2.24, 2.45) is 5.16 Å². The molecule has 1 unspecified atom stereocenters. The molecule has 138 valence electrons. The molecule has 7 heteroatoms. The van der Waals surface area contributed by atoms with Gasteiger partial charge in [0, 0.05) is 10.6 Å². The molecule has 1 N–H and O–H groups in total. The first kappa shape index (κ1) is 19.6. The molecule has 6 nitrogen and oxygen atoms in total. The number of halogens is 1. The molecule has 0 saturated heterocycles. The van der Waals surface area contributed by atoms with Gasteiger partial charge in [0.15, 0.2) is 6.61 Å². The van der Waals surface area contributed by atoms with E-state index >= 15 is 0 Å². The molecule has 2 rings (SSSR count). The molecule has 0 heterocycles. The van der Waals surface area contributed by atoms with Gasteiger partial charge < -0.3 is 19.6 Å². The summed E-state index contributed by atoms with van der Waals surface area (Å²) >= 11 is 5.81. The first-order valence-electron chi connectivity index (χ1n) is 7.95. The van der Waals surface area contributed by atoms with Crippen LogP contribution < -0.4 is 14.8 Å². The highest BCUT2D eigenvalue weighted by atomic mass is 35.5. The zero-order valence-electron chi connectivity index (χ0n) is 14.9. The van der Waals surface area contributed by atoms with Crippen LogP contribution in [0.2, 0.25) is 5.02 Å². The van der Waals surface area contributed by atoms with Crippen molar-refractivity contribution in [3.8, 4) is 11.5 Å². The predicted octanol–water partition coefficient (Wildman–Crippen LogP) is 3.59. The summed E-state index contributed by atoms with van der Waals surface area (Å²) < 4.78 is 10.6. The number of amides is 1. The Hall–Kier alpha value is -2.73. The van der Waals surface area contributed by atoms with Gasteiger partial charge >= 0.3 is 0 Å². The third kappa shape index (κ3) is 5.67. The second-order valence-electron chi connectivity index (χ2n) is 5.46. The highest BCUT2D eigenvalue weighted by molar-refractivity contribution is 6.30. The number of carbonyl (C=O) groups excluding carboxylic acids is 1. The average Bonchev–Trinajstić information content (AvgIpc) is 2.66. The number of hydrogen-bond acceptors (Lipinski definition) is 5. The topological polar surface area (TPSA) is 69.2 Å². The van der Waals surface area contributed by atoms with Crippen LogP contribution in [0, 0.1) is 0 Å². The Morgan fingerprint density at radius 1 is 1.19 bits per heavy atom. The molecule has 1 amide bonds. The maximum Gasteiger partial charge on any atom is 0.261 e. The molecular weight excluding hydrogens is 356 g/mol. The molecule has 2 aromatic carbocycles. The molecule has 0 aliphatic heterocycles. The Kier molecular flexibility index (Phi) is 7.29. The fourth-order valence-electron chi connectivity index (χ4n) is 2.28. The zero-order valence-corrected chi connectivity index (χ0v) is 15.6. The zero-order chi connectivity index (χ0) is 18.9. The SMILES string of the molecule is COc1ccc(OC)c(C(C)NC(=O)CO/N=C/c2ccc(Cl)cc2)c1. The fraction of sp³-hybridized carbons (Fsp3) is 0.263. The van der Waals surface area contributed by atoms with Gasteiger partial charge in [0.1, 0.15) is 11.5 Å². The molecule has 0 aliphatic rings. The third-order valence-electron chi connectivity index (χ3n) is 3.62. The Morgan fingerprint density at radius 3 is 2.58 bits per heavy atom. The van der Waals surface area contributed by atoms with Crippen LogP contribution in [-0.2, 0) is 9.63 Å². The van der Waals surface area contributed by atoms with E-state index in [0.29, 0.717) is 16.5 Å². The van der Waals surface area contributed by atoms with Crippen molar-refractivity contribution in [2.45, 2.75) is 13.0 Å². The number of benzene rings is 2. The molecule has 0 fully saturated rings. The van der Waals surface area contributed by atoms with Crippen molar-refractivity contribution in [1.82, 2.24) is 5.32 Å². The van der Waals surface area contributed by atoms with Crippen molar-refractivity contribution in [1.29, 1.82) is 0 Å². The summed E-state index contributed by atoms with van der Waals surface area (Å²) in [6, 6.07) is 12.2. The minimum Gasteiger partial charge on any atom is -0.497 e. The van der Waals surface area contributed by atoms with Crippen LogP contribution in [0.1, 0.15) is 24.1 Å². The van der Waals surface area contributed by atoms with Crippen LogP contribution >= 0.6 is 11.6 Å². The molecule has 0 spiro atoms. The molecule has 1 atom stereocenters. The van der Waals surface area contributed by atoms with Crippen LogP contribution in [0.3, 0.4) is 0 Å². The molecule has 26 heavy (non-hydrogen) atoms. The molecular formula is C19H21ClN2O4. The van der Waals surface area contributed by atoms with Crippen molar-refractivity contribution in [2.75, 3.05) is 20.8 Å². The summed E-state index contributed by atoms with van der Waals surface area (Å²) in [6.45, 7) is 1.66. The molecule has 0 aliphatic carbocycles. The second kappa shape index (κ2) is 9.68. The van der Waals surface area contributed by atoms with E-state index in [9.17, 15) is 4.79 Å². The van der Waals surface area contributed by atoms with Crippen LogP contribution in [-0.4, -0.2) is 32.9 Å². The van der Waals surface area contributed by atoms with E-state index in [1.165, 1.54) is 6.21 Å². The van der Waals surface area contributed by atoms with Crippen molar-refractivity contribution in [3.05, 3.63) is 58.6 Å². The second-order valence-corrected chi connectivity index (χ2v) is 5.89. The number of nitrogens with zero attached hydrogens (tertiary/aromatic N) is 1. The van der Waals surface area contributed by atoms with Gasteiger partial charge in [-0.15, -0.1) is 0 Å².